The molecule has 2 aromatic rings. The molecule has 0 saturated carbocycles. The van der Waals surface area contributed by atoms with Gasteiger partial charge in [-0.3, -0.25) is 11.3 Å². The highest BCUT2D eigenvalue weighted by Crippen LogP contribution is 2.27. The molecule has 106 valence electrons. The van der Waals surface area contributed by atoms with Crippen LogP contribution in [0.4, 0.5) is 4.39 Å². The van der Waals surface area contributed by atoms with E-state index in [2.05, 4.69) is 5.43 Å². The number of nitrogens with one attached hydrogen (secondary N) is 1. The first-order valence-corrected chi connectivity index (χ1v) is 6.93. The number of halogens is 3. The number of hydrogen-bond donors (Lipinski definition) is 2. The Morgan fingerprint density at radius 2 is 1.95 bits per heavy atom. The van der Waals surface area contributed by atoms with Gasteiger partial charge < -0.3 is 0 Å². The number of hydrazine groups is 1. The number of nitrogens with two attached hydrogens (primary N) is 1. The first-order chi connectivity index (χ1) is 9.51. The molecule has 0 bridgehead atoms. The molecule has 0 heterocycles. The largest absolute Gasteiger partial charge is 0.271 e. The molecule has 2 nitrogen and oxygen atoms in total. The van der Waals surface area contributed by atoms with Crippen molar-refractivity contribution in [1.29, 1.82) is 0 Å². The van der Waals surface area contributed by atoms with Crippen molar-refractivity contribution in [2.24, 2.45) is 5.84 Å². The van der Waals surface area contributed by atoms with E-state index < -0.39 is 0 Å². The van der Waals surface area contributed by atoms with Gasteiger partial charge in [-0.15, -0.1) is 0 Å². The summed E-state index contributed by atoms with van der Waals surface area (Å²) in [6, 6.07) is 9.89. The van der Waals surface area contributed by atoms with E-state index in [9.17, 15) is 4.39 Å². The minimum Gasteiger partial charge on any atom is -0.271 e. The van der Waals surface area contributed by atoms with Gasteiger partial charge >= 0.3 is 0 Å². The molecule has 1 atom stereocenters. The molecule has 0 spiro atoms. The van der Waals surface area contributed by atoms with Crippen LogP contribution in [0.25, 0.3) is 0 Å². The Balaban J connectivity index is 2.31. The Morgan fingerprint density at radius 3 is 2.60 bits per heavy atom. The molecule has 0 radical (unpaired) electrons. The van der Waals surface area contributed by atoms with E-state index in [1.165, 1.54) is 6.07 Å². The molecular formula is C15H15Cl2FN2. The van der Waals surface area contributed by atoms with Crippen molar-refractivity contribution in [1.82, 2.24) is 5.43 Å². The lowest BCUT2D eigenvalue weighted by molar-refractivity contribution is 0.510. The molecule has 0 aromatic heterocycles. The van der Waals surface area contributed by atoms with Gasteiger partial charge in [0.25, 0.3) is 0 Å². The van der Waals surface area contributed by atoms with Crippen LogP contribution in [-0.2, 0) is 6.42 Å². The van der Waals surface area contributed by atoms with Crippen molar-refractivity contribution >= 4 is 23.2 Å². The lowest BCUT2D eigenvalue weighted by atomic mass is 9.98. The van der Waals surface area contributed by atoms with Crippen LogP contribution in [0.5, 0.6) is 0 Å². The SMILES string of the molecule is Cc1ccc(C(Cc2cc(Cl)ccc2Cl)NN)c(F)c1. The maximum Gasteiger partial charge on any atom is 0.128 e. The molecule has 0 aliphatic heterocycles. The van der Waals surface area contributed by atoms with Gasteiger partial charge in [-0.05, 0) is 48.7 Å². The monoisotopic (exact) mass is 312 g/mol. The Morgan fingerprint density at radius 1 is 1.20 bits per heavy atom. The average Bonchev–Trinajstić information content (AvgIpc) is 2.40. The van der Waals surface area contributed by atoms with Crippen molar-refractivity contribution < 1.29 is 4.39 Å². The molecule has 0 saturated heterocycles. The normalized spacial score (nSPS) is 12.4. The number of rotatable bonds is 4. The first-order valence-electron chi connectivity index (χ1n) is 6.17. The zero-order valence-electron chi connectivity index (χ0n) is 11.0. The molecule has 0 aliphatic rings. The fourth-order valence-corrected chi connectivity index (χ4v) is 2.48. The molecular weight excluding hydrogens is 298 g/mol. The van der Waals surface area contributed by atoms with E-state index in [4.69, 9.17) is 29.0 Å². The molecule has 1 unspecified atom stereocenters. The second kappa shape index (κ2) is 6.55. The van der Waals surface area contributed by atoms with Crippen LogP contribution in [0.3, 0.4) is 0 Å². The van der Waals surface area contributed by atoms with Gasteiger partial charge in [-0.1, -0.05) is 35.3 Å². The Bertz CT molecular complexity index is 617. The van der Waals surface area contributed by atoms with Gasteiger partial charge in [0.05, 0.1) is 6.04 Å². The van der Waals surface area contributed by atoms with Crippen molar-refractivity contribution in [3.8, 4) is 0 Å². The predicted octanol–water partition coefficient (Wildman–Crippen LogP) is 4.19. The Labute approximate surface area is 127 Å². The quantitative estimate of drug-likeness (QED) is 0.656. The van der Waals surface area contributed by atoms with Crippen LogP contribution in [-0.4, -0.2) is 0 Å². The predicted molar refractivity (Wildman–Crippen MR) is 81.4 cm³/mol. The number of aryl methyl sites for hydroxylation is 1. The average molecular weight is 313 g/mol. The summed E-state index contributed by atoms with van der Waals surface area (Å²) in [6.07, 6.45) is 0.454. The summed E-state index contributed by atoms with van der Waals surface area (Å²) in [4.78, 5) is 0. The third-order valence-electron chi connectivity index (χ3n) is 3.16. The summed E-state index contributed by atoms with van der Waals surface area (Å²) in [5.41, 5.74) is 4.83. The minimum absolute atomic E-state index is 0.286. The van der Waals surface area contributed by atoms with Crippen LogP contribution < -0.4 is 11.3 Å². The van der Waals surface area contributed by atoms with Crippen molar-refractivity contribution in [3.05, 3.63) is 69.0 Å². The fraction of sp³-hybridized carbons (Fsp3) is 0.200. The summed E-state index contributed by atoms with van der Waals surface area (Å²) in [6.45, 7) is 1.84. The van der Waals surface area contributed by atoms with Crippen molar-refractivity contribution in [2.75, 3.05) is 0 Å². The van der Waals surface area contributed by atoms with Gasteiger partial charge in [0.2, 0.25) is 0 Å². The van der Waals surface area contributed by atoms with Crippen LogP contribution in [0.1, 0.15) is 22.7 Å². The van der Waals surface area contributed by atoms with Crippen LogP contribution in [0.2, 0.25) is 10.0 Å². The highest BCUT2D eigenvalue weighted by atomic mass is 35.5. The molecule has 5 heteroatoms. The third kappa shape index (κ3) is 3.49. The minimum atomic E-state index is -0.369. The topological polar surface area (TPSA) is 38.0 Å². The van der Waals surface area contributed by atoms with Gasteiger partial charge in [0, 0.05) is 15.6 Å². The summed E-state index contributed by atoms with van der Waals surface area (Å²) in [5.74, 6) is 5.27. The van der Waals surface area contributed by atoms with Crippen molar-refractivity contribution in [2.45, 2.75) is 19.4 Å². The van der Waals surface area contributed by atoms with Gasteiger partial charge in [0.1, 0.15) is 5.82 Å². The molecule has 0 fully saturated rings. The molecule has 20 heavy (non-hydrogen) atoms. The van der Waals surface area contributed by atoms with E-state index >= 15 is 0 Å². The molecule has 0 aliphatic carbocycles. The zero-order chi connectivity index (χ0) is 14.7. The lowest BCUT2D eigenvalue weighted by Gasteiger charge is -2.18. The summed E-state index contributed by atoms with van der Waals surface area (Å²) >= 11 is 12.1. The maximum absolute atomic E-state index is 14.0. The van der Waals surface area contributed by atoms with Crippen LogP contribution >= 0.6 is 23.2 Å². The van der Waals surface area contributed by atoms with Gasteiger partial charge in [-0.25, -0.2) is 4.39 Å². The Hall–Kier alpha value is -1.13. The number of benzene rings is 2. The van der Waals surface area contributed by atoms with Crippen molar-refractivity contribution in [3.63, 3.8) is 0 Å². The third-order valence-corrected chi connectivity index (χ3v) is 3.77. The number of hydrogen-bond acceptors (Lipinski definition) is 2. The lowest BCUT2D eigenvalue weighted by Crippen LogP contribution is -2.30. The second-order valence-electron chi connectivity index (χ2n) is 4.68. The van der Waals surface area contributed by atoms with Crippen LogP contribution in [0, 0.1) is 12.7 Å². The summed E-state index contributed by atoms with van der Waals surface area (Å²) in [5, 5.41) is 1.17. The first kappa shape index (κ1) is 15.3. The molecule has 0 amide bonds. The highest BCUT2D eigenvalue weighted by molar-refractivity contribution is 6.33. The molecule has 2 rings (SSSR count). The second-order valence-corrected chi connectivity index (χ2v) is 5.53. The van der Waals surface area contributed by atoms with E-state index in [0.717, 1.165) is 11.1 Å². The van der Waals surface area contributed by atoms with E-state index in [-0.39, 0.29) is 11.9 Å². The highest BCUT2D eigenvalue weighted by Gasteiger charge is 2.16. The maximum atomic E-state index is 14.0. The molecule has 3 N–H and O–H groups in total. The zero-order valence-corrected chi connectivity index (χ0v) is 12.5. The smallest absolute Gasteiger partial charge is 0.128 e. The van der Waals surface area contributed by atoms with E-state index in [1.54, 1.807) is 24.3 Å². The van der Waals surface area contributed by atoms with E-state index in [1.807, 2.05) is 13.0 Å². The standard InChI is InChI=1S/C15H15Cl2FN2/c1-9-2-4-12(14(18)6-9)15(20-19)8-10-7-11(16)3-5-13(10)17/h2-7,15,20H,8,19H2,1H3. The summed E-state index contributed by atoms with van der Waals surface area (Å²) in [7, 11) is 0. The summed E-state index contributed by atoms with van der Waals surface area (Å²) < 4.78 is 14.0. The van der Waals surface area contributed by atoms with Gasteiger partial charge in [0.15, 0.2) is 0 Å². The van der Waals surface area contributed by atoms with Gasteiger partial charge in [-0.2, -0.15) is 0 Å². The fourth-order valence-electron chi connectivity index (χ4n) is 2.09. The molecule has 2 aromatic carbocycles. The van der Waals surface area contributed by atoms with E-state index in [0.29, 0.717) is 22.0 Å². The van der Waals surface area contributed by atoms with Crippen LogP contribution in [0.15, 0.2) is 36.4 Å². The Kier molecular flexibility index (Phi) is 5.00.